The zero-order valence-electron chi connectivity index (χ0n) is 9.39. The average molecular weight is 258 g/mol. The third kappa shape index (κ3) is 3.24. The molecule has 0 bridgehead atoms. The van der Waals surface area contributed by atoms with Crippen LogP contribution in [0.5, 0.6) is 0 Å². The number of sulfonamides is 1. The molecule has 0 spiro atoms. The van der Waals surface area contributed by atoms with Gasteiger partial charge in [-0.2, -0.15) is 4.31 Å². The molecule has 0 amide bonds. The van der Waals surface area contributed by atoms with Crippen molar-refractivity contribution in [1.82, 2.24) is 9.62 Å². The van der Waals surface area contributed by atoms with Gasteiger partial charge >= 0.3 is 0 Å². The summed E-state index contributed by atoms with van der Waals surface area (Å²) in [5.41, 5.74) is 0.676. The molecule has 2 rings (SSSR count). The van der Waals surface area contributed by atoms with Crippen LogP contribution >= 0.6 is 0 Å². The minimum Gasteiger partial charge on any atom is -0.314 e. The van der Waals surface area contributed by atoms with Crippen molar-refractivity contribution in [3.8, 4) is 0 Å². The fraction of sp³-hybridized carbons (Fsp3) is 0.455. The van der Waals surface area contributed by atoms with E-state index in [-0.39, 0.29) is 18.1 Å². The standard InChI is InChI=1S/C11H15FN2O2S/c12-11-3-1-2-10(8-11)9-14-6-4-13-5-7-17(14,15)16/h1-3,8,13H,4-7,9H2. The highest BCUT2D eigenvalue weighted by Crippen LogP contribution is 2.12. The molecule has 1 aromatic carbocycles. The lowest BCUT2D eigenvalue weighted by Gasteiger charge is -2.19. The van der Waals surface area contributed by atoms with E-state index in [4.69, 9.17) is 0 Å². The molecule has 1 heterocycles. The van der Waals surface area contributed by atoms with Crippen LogP contribution in [0, 0.1) is 5.82 Å². The number of hydrogen-bond donors (Lipinski definition) is 1. The highest BCUT2D eigenvalue weighted by molar-refractivity contribution is 7.89. The van der Waals surface area contributed by atoms with Crippen molar-refractivity contribution in [1.29, 1.82) is 0 Å². The Bertz CT molecular complexity index is 490. The smallest absolute Gasteiger partial charge is 0.215 e. The van der Waals surface area contributed by atoms with Gasteiger partial charge in [0, 0.05) is 26.2 Å². The summed E-state index contributed by atoms with van der Waals surface area (Å²) < 4.78 is 38.2. The van der Waals surface area contributed by atoms with E-state index in [0.717, 1.165) is 0 Å². The maximum absolute atomic E-state index is 13.0. The van der Waals surface area contributed by atoms with E-state index in [1.807, 2.05) is 0 Å². The normalized spacial score (nSPS) is 21.0. The van der Waals surface area contributed by atoms with E-state index < -0.39 is 10.0 Å². The molecular formula is C11H15FN2O2S. The van der Waals surface area contributed by atoms with Gasteiger partial charge in [0.1, 0.15) is 5.82 Å². The van der Waals surface area contributed by atoms with Gasteiger partial charge in [0.05, 0.1) is 5.75 Å². The van der Waals surface area contributed by atoms with Crippen molar-refractivity contribution in [3.05, 3.63) is 35.6 Å². The first-order valence-electron chi connectivity index (χ1n) is 5.51. The van der Waals surface area contributed by atoms with E-state index >= 15 is 0 Å². The van der Waals surface area contributed by atoms with Crippen LogP contribution in [0.2, 0.25) is 0 Å². The highest BCUT2D eigenvalue weighted by atomic mass is 32.2. The van der Waals surface area contributed by atoms with Gasteiger partial charge in [0.15, 0.2) is 0 Å². The third-order valence-corrected chi connectivity index (χ3v) is 4.53. The Labute approximate surface area is 100 Å². The summed E-state index contributed by atoms with van der Waals surface area (Å²) in [5, 5.41) is 3.04. The van der Waals surface area contributed by atoms with Crippen LogP contribution in [0.25, 0.3) is 0 Å². The van der Waals surface area contributed by atoms with Gasteiger partial charge < -0.3 is 5.32 Å². The maximum Gasteiger partial charge on any atom is 0.215 e. The van der Waals surface area contributed by atoms with Gasteiger partial charge in [-0.1, -0.05) is 12.1 Å². The van der Waals surface area contributed by atoms with Crippen molar-refractivity contribution in [2.75, 3.05) is 25.4 Å². The Morgan fingerprint density at radius 2 is 2.18 bits per heavy atom. The second-order valence-electron chi connectivity index (χ2n) is 4.03. The third-order valence-electron chi connectivity index (χ3n) is 2.72. The summed E-state index contributed by atoms with van der Waals surface area (Å²) in [6, 6.07) is 6.04. The predicted octanol–water partition coefficient (Wildman–Crippen LogP) is 0.561. The minimum absolute atomic E-state index is 0.0995. The Morgan fingerprint density at radius 1 is 1.35 bits per heavy atom. The second kappa shape index (κ2) is 5.12. The van der Waals surface area contributed by atoms with E-state index in [1.54, 1.807) is 12.1 Å². The zero-order valence-corrected chi connectivity index (χ0v) is 10.2. The molecule has 4 nitrogen and oxygen atoms in total. The molecule has 17 heavy (non-hydrogen) atoms. The first-order valence-corrected chi connectivity index (χ1v) is 7.12. The Morgan fingerprint density at radius 3 is 2.94 bits per heavy atom. The van der Waals surface area contributed by atoms with Crippen molar-refractivity contribution in [2.45, 2.75) is 6.54 Å². The van der Waals surface area contributed by atoms with Gasteiger partial charge in [-0.3, -0.25) is 0 Å². The summed E-state index contributed by atoms with van der Waals surface area (Å²) in [4.78, 5) is 0. The van der Waals surface area contributed by atoms with E-state index in [9.17, 15) is 12.8 Å². The average Bonchev–Trinajstić information content (AvgIpc) is 2.41. The quantitative estimate of drug-likeness (QED) is 0.843. The highest BCUT2D eigenvalue weighted by Gasteiger charge is 2.23. The van der Waals surface area contributed by atoms with Crippen LogP contribution in [0.1, 0.15) is 5.56 Å². The van der Waals surface area contributed by atoms with Gasteiger partial charge in [-0.25, -0.2) is 12.8 Å². The summed E-state index contributed by atoms with van der Waals surface area (Å²) in [7, 11) is -3.22. The second-order valence-corrected chi connectivity index (χ2v) is 6.12. The molecule has 1 aromatic rings. The summed E-state index contributed by atoms with van der Waals surface area (Å²) in [6.45, 7) is 1.77. The molecule has 0 unspecified atom stereocenters. The number of hydrogen-bond acceptors (Lipinski definition) is 3. The van der Waals surface area contributed by atoms with Crippen molar-refractivity contribution >= 4 is 10.0 Å². The van der Waals surface area contributed by atoms with Gasteiger partial charge in [-0.05, 0) is 17.7 Å². The first-order chi connectivity index (χ1) is 8.08. The Kier molecular flexibility index (Phi) is 3.76. The Hall–Kier alpha value is -0.980. The van der Waals surface area contributed by atoms with Crippen molar-refractivity contribution < 1.29 is 12.8 Å². The fourth-order valence-electron chi connectivity index (χ4n) is 1.81. The first kappa shape index (κ1) is 12.5. The summed E-state index contributed by atoms with van der Waals surface area (Å²) >= 11 is 0. The minimum atomic E-state index is -3.22. The summed E-state index contributed by atoms with van der Waals surface area (Å²) in [6.07, 6.45) is 0. The number of halogens is 1. The lowest BCUT2D eigenvalue weighted by Crippen LogP contribution is -2.33. The molecule has 94 valence electrons. The van der Waals surface area contributed by atoms with Crippen LogP contribution in [-0.4, -0.2) is 38.1 Å². The monoisotopic (exact) mass is 258 g/mol. The number of nitrogens with zero attached hydrogens (tertiary/aromatic N) is 1. The maximum atomic E-state index is 13.0. The van der Waals surface area contributed by atoms with Crippen LogP contribution in [0.3, 0.4) is 0 Å². The summed E-state index contributed by atoms with van der Waals surface area (Å²) in [5.74, 6) is -0.240. The number of nitrogens with one attached hydrogen (secondary N) is 1. The molecule has 1 aliphatic rings. The SMILES string of the molecule is O=S1(=O)CCNCCN1Cc1cccc(F)c1. The largest absolute Gasteiger partial charge is 0.314 e. The molecule has 0 aromatic heterocycles. The van der Waals surface area contributed by atoms with Crippen LogP contribution in [0.4, 0.5) is 4.39 Å². The van der Waals surface area contributed by atoms with Crippen LogP contribution in [-0.2, 0) is 16.6 Å². The molecule has 0 atom stereocenters. The van der Waals surface area contributed by atoms with Gasteiger partial charge in [-0.15, -0.1) is 0 Å². The predicted molar refractivity (Wildman–Crippen MR) is 63.5 cm³/mol. The lowest BCUT2D eigenvalue weighted by molar-refractivity contribution is 0.414. The molecule has 1 aliphatic heterocycles. The molecule has 6 heteroatoms. The van der Waals surface area contributed by atoms with Crippen LogP contribution in [0.15, 0.2) is 24.3 Å². The number of benzene rings is 1. The van der Waals surface area contributed by atoms with Crippen molar-refractivity contribution in [2.24, 2.45) is 0 Å². The zero-order chi connectivity index (χ0) is 12.3. The molecule has 0 radical (unpaired) electrons. The fourth-order valence-corrected chi connectivity index (χ4v) is 3.19. The van der Waals surface area contributed by atoms with Crippen molar-refractivity contribution in [3.63, 3.8) is 0 Å². The van der Waals surface area contributed by atoms with Crippen LogP contribution < -0.4 is 5.32 Å². The van der Waals surface area contributed by atoms with Gasteiger partial charge in [0.25, 0.3) is 0 Å². The topological polar surface area (TPSA) is 49.4 Å². The molecular weight excluding hydrogens is 243 g/mol. The van der Waals surface area contributed by atoms with E-state index in [2.05, 4.69) is 5.32 Å². The lowest BCUT2D eigenvalue weighted by atomic mass is 10.2. The molecule has 1 N–H and O–H groups in total. The van der Waals surface area contributed by atoms with E-state index in [0.29, 0.717) is 25.2 Å². The molecule has 1 saturated heterocycles. The van der Waals surface area contributed by atoms with Gasteiger partial charge in [0.2, 0.25) is 10.0 Å². The number of rotatable bonds is 2. The Balaban J connectivity index is 2.16. The molecule has 0 aliphatic carbocycles. The van der Waals surface area contributed by atoms with E-state index in [1.165, 1.54) is 16.4 Å². The molecule has 1 fully saturated rings. The molecule has 0 saturated carbocycles.